The van der Waals surface area contributed by atoms with Crippen LogP contribution in [0, 0.1) is 18.3 Å². The van der Waals surface area contributed by atoms with E-state index in [-0.39, 0.29) is 11.8 Å². The van der Waals surface area contributed by atoms with Gasteiger partial charge in [0.15, 0.2) is 0 Å². The van der Waals surface area contributed by atoms with Crippen molar-refractivity contribution < 1.29 is 4.79 Å². The number of likely N-dealkylation sites (tertiary alicyclic amines) is 1. The molecule has 0 bridgehead atoms. The molecule has 1 aromatic carbocycles. The SMILES string of the molecule is C#CCN1CCC(C(=O)NCCCN2CCN(C)CC2c2ccccc2)CC1. The number of amides is 1. The van der Waals surface area contributed by atoms with Crippen LogP contribution in [0.25, 0.3) is 0 Å². The van der Waals surface area contributed by atoms with E-state index in [4.69, 9.17) is 6.42 Å². The van der Waals surface area contributed by atoms with Crippen molar-refractivity contribution in [1.29, 1.82) is 0 Å². The Bertz CT molecular complexity index is 648. The zero-order valence-electron chi connectivity index (χ0n) is 17.1. The summed E-state index contributed by atoms with van der Waals surface area (Å²) in [7, 11) is 2.20. The molecule has 5 nitrogen and oxygen atoms in total. The van der Waals surface area contributed by atoms with Crippen LogP contribution in [0.5, 0.6) is 0 Å². The fourth-order valence-corrected chi connectivity index (χ4v) is 4.34. The van der Waals surface area contributed by atoms with Crippen molar-refractivity contribution in [2.45, 2.75) is 25.3 Å². The highest BCUT2D eigenvalue weighted by molar-refractivity contribution is 5.78. The minimum Gasteiger partial charge on any atom is -0.356 e. The number of rotatable bonds is 7. The molecule has 1 N–H and O–H groups in total. The largest absolute Gasteiger partial charge is 0.356 e. The van der Waals surface area contributed by atoms with Crippen LogP contribution in [0.2, 0.25) is 0 Å². The van der Waals surface area contributed by atoms with E-state index in [9.17, 15) is 4.79 Å². The van der Waals surface area contributed by atoms with Gasteiger partial charge in [-0.15, -0.1) is 6.42 Å². The maximum absolute atomic E-state index is 12.5. The Labute approximate surface area is 170 Å². The summed E-state index contributed by atoms with van der Waals surface area (Å²) in [5.74, 6) is 3.06. The van der Waals surface area contributed by atoms with Gasteiger partial charge < -0.3 is 10.2 Å². The summed E-state index contributed by atoms with van der Waals surface area (Å²) < 4.78 is 0. The number of hydrogen-bond donors (Lipinski definition) is 1. The second-order valence-corrected chi connectivity index (χ2v) is 8.12. The van der Waals surface area contributed by atoms with Crippen LogP contribution in [0.3, 0.4) is 0 Å². The van der Waals surface area contributed by atoms with Gasteiger partial charge in [0.05, 0.1) is 6.54 Å². The Morgan fingerprint density at radius 3 is 2.64 bits per heavy atom. The second kappa shape index (κ2) is 10.6. The first-order chi connectivity index (χ1) is 13.7. The normalized spacial score (nSPS) is 22.6. The summed E-state index contributed by atoms with van der Waals surface area (Å²) in [6.07, 6.45) is 8.21. The maximum atomic E-state index is 12.5. The van der Waals surface area contributed by atoms with E-state index < -0.39 is 0 Å². The predicted molar refractivity (Wildman–Crippen MR) is 114 cm³/mol. The van der Waals surface area contributed by atoms with Crippen molar-refractivity contribution in [3.05, 3.63) is 35.9 Å². The number of carbonyl (C=O) groups excluding carboxylic acids is 1. The van der Waals surface area contributed by atoms with Crippen molar-refractivity contribution >= 4 is 5.91 Å². The lowest BCUT2D eigenvalue weighted by Crippen LogP contribution is -2.47. The van der Waals surface area contributed by atoms with Gasteiger partial charge >= 0.3 is 0 Å². The average molecular weight is 383 g/mol. The lowest BCUT2D eigenvalue weighted by atomic mass is 9.96. The number of likely N-dealkylation sites (N-methyl/N-ethyl adjacent to an activating group) is 1. The molecule has 1 aromatic rings. The first-order valence-corrected chi connectivity index (χ1v) is 10.6. The molecule has 1 unspecified atom stereocenters. The monoisotopic (exact) mass is 382 g/mol. The topological polar surface area (TPSA) is 38.8 Å². The van der Waals surface area contributed by atoms with Gasteiger partial charge in [0.2, 0.25) is 5.91 Å². The number of nitrogens with one attached hydrogen (secondary N) is 1. The fourth-order valence-electron chi connectivity index (χ4n) is 4.34. The molecule has 0 radical (unpaired) electrons. The van der Waals surface area contributed by atoms with Gasteiger partial charge in [-0.2, -0.15) is 0 Å². The van der Waals surface area contributed by atoms with Gasteiger partial charge in [-0.1, -0.05) is 36.3 Å². The summed E-state index contributed by atoms with van der Waals surface area (Å²) in [6.45, 7) is 7.59. The van der Waals surface area contributed by atoms with Crippen LogP contribution in [0.4, 0.5) is 0 Å². The molecule has 0 aromatic heterocycles. The minimum atomic E-state index is 0.148. The quantitative estimate of drug-likeness (QED) is 0.577. The average Bonchev–Trinajstić information content (AvgIpc) is 2.73. The van der Waals surface area contributed by atoms with Gasteiger partial charge in [-0.05, 0) is 45.0 Å². The Balaban J connectivity index is 1.40. The summed E-state index contributed by atoms with van der Waals surface area (Å²) >= 11 is 0. The third-order valence-corrected chi connectivity index (χ3v) is 6.07. The molecule has 2 heterocycles. The summed E-state index contributed by atoms with van der Waals surface area (Å²) in [6, 6.07) is 11.2. The minimum absolute atomic E-state index is 0.148. The van der Waals surface area contributed by atoms with E-state index in [1.165, 1.54) is 5.56 Å². The zero-order valence-corrected chi connectivity index (χ0v) is 17.1. The molecule has 0 saturated carbocycles. The van der Waals surface area contributed by atoms with Crippen LogP contribution in [0.1, 0.15) is 30.9 Å². The number of nitrogens with zero attached hydrogens (tertiary/aromatic N) is 3. The van der Waals surface area contributed by atoms with E-state index >= 15 is 0 Å². The summed E-state index contributed by atoms with van der Waals surface area (Å²) in [5.41, 5.74) is 1.39. The second-order valence-electron chi connectivity index (χ2n) is 8.12. The standard InChI is InChI=1S/C23H34N4O/c1-3-13-26-15-10-21(11-16-26)23(28)24-12-7-14-27-18-17-25(2)19-22(27)20-8-5-4-6-9-20/h1,4-6,8-9,21-22H,7,10-19H2,2H3,(H,24,28). The number of hydrogen-bond acceptors (Lipinski definition) is 4. The first kappa shape index (κ1) is 20.9. The van der Waals surface area contributed by atoms with Crippen LogP contribution in [0.15, 0.2) is 30.3 Å². The van der Waals surface area contributed by atoms with E-state index in [1.807, 2.05) is 0 Å². The number of piperidine rings is 1. The lowest BCUT2D eigenvalue weighted by Gasteiger charge is -2.40. The molecular formula is C23H34N4O. The Morgan fingerprint density at radius 2 is 1.93 bits per heavy atom. The molecule has 3 rings (SSSR count). The van der Waals surface area contributed by atoms with Gasteiger partial charge in [0.1, 0.15) is 0 Å². The molecule has 1 atom stereocenters. The van der Waals surface area contributed by atoms with Crippen molar-refractivity contribution in [2.24, 2.45) is 5.92 Å². The van der Waals surface area contributed by atoms with Crippen molar-refractivity contribution in [1.82, 2.24) is 20.0 Å². The van der Waals surface area contributed by atoms with E-state index in [0.717, 1.165) is 65.1 Å². The third kappa shape index (κ3) is 5.81. The van der Waals surface area contributed by atoms with E-state index in [0.29, 0.717) is 12.6 Å². The van der Waals surface area contributed by atoms with Gasteiger partial charge in [-0.25, -0.2) is 0 Å². The van der Waals surface area contributed by atoms with Gasteiger partial charge in [0.25, 0.3) is 0 Å². The highest BCUT2D eigenvalue weighted by Gasteiger charge is 2.27. The van der Waals surface area contributed by atoms with Crippen LogP contribution < -0.4 is 5.32 Å². The molecule has 0 spiro atoms. The molecule has 1 amide bonds. The van der Waals surface area contributed by atoms with Gasteiger partial charge in [0, 0.05) is 44.7 Å². The maximum Gasteiger partial charge on any atom is 0.223 e. The van der Waals surface area contributed by atoms with Crippen LogP contribution in [-0.4, -0.2) is 80.0 Å². The van der Waals surface area contributed by atoms with Crippen molar-refractivity contribution in [3.8, 4) is 12.3 Å². The molecule has 152 valence electrons. The number of benzene rings is 1. The molecule has 28 heavy (non-hydrogen) atoms. The summed E-state index contributed by atoms with van der Waals surface area (Å²) in [4.78, 5) is 19.7. The summed E-state index contributed by atoms with van der Waals surface area (Å²) in [5, 5.41) is 3.17. The highest BCUT2D eigenvalue weighted by Crippen LogP contribution is 2.24. The Morgan fingerprint density at radius 1 is 1.18 bits per heavy atom. The van der Waals surface area contributed by atoms with Crippen LogP contribution >= 0.6 is 0 Å². The van der Waals surface area contributed by atoms with Crippen LogP contribution in [-0.2, 0) is 4.79 Å². The lowest BCUT2D eigenvalue weighted by molar-refractivity contribution is -0.126. The number of carbonyl (C=O) groups is 1. The molecule has 0 aliphatic carbocycles. The number of terminal acetylenes is 1. The zero-order chi connectivity index (χ0) is 19.8. The Hall–Kier alpha value is -1.87. The van der Waals surface area contributed by atoms with Gasteiger partial charge in [-0.3, -0.25) is 14.6 Å². The Kier molecular flexibility index (Phi) is 7.90. The number of piperazine rings is 1. The molecule has 2 aliphatic rings. The van der Waals surface area contributed by atoms with E-state index in [2.05, 4.69) is 63.3 Å². The smallest absolute Gasteiger partial charge is 0.223 e. The molecular weight excluding hydrogens is 348 g/mol. The molecule has 5 heteroatoms. The molecule has 2 saturated heterocycles. The fraction of sp³-hybridized carbons (Fsp3) is 0.609. The first-order valence-electron chi connectivity index (χ1n) is 10.6. The highest BCUT2D eigenvalue weighted by atomic mass is 16.1. The third-order valence-electron chi connectivity index (χ3n) is 6.07. The van der Waals surface area contributed by atoms with Crippen molar-refractivity contribution in [2.75, 3.05) is 59.4 Å². The van der Waals surface area contributed by atoms with Crippen molar-refractivity contribution in [3.63, 3.8) is 0 Å². The molecule has 2 fully saturated rings. The predicted octanol–water partition coefficient (Wildman–Crippen LogP) is 1.83. The van der Waals surface area contributed by atoms with E-state index in [1.54, 1.807) is 0 Å². The molecule has 2 aliphatic heterocycles.